The predicted molar refractivity (Wildman–Crippen MR) is 75.6 cm³/mol. The molecule has 0 spiro atoms. The topological polar surface area (TPSA) is 41.1 Å². The lowest BCUT2D eigenvalue weighted by molar-refractivity contribution is 0.317. The summed E-state index contributed by atoms with van der Waals surface area (Å²) in [5.74, 6) is -0.203. The maximum atomic E-state index is 12.8. The maximum Gasteiger partial charge on any atom is 0.205 e. The molecule has 2 aromatic rings. The Kier molecular flexibility index (Phi) is 4.81. The van der Waals surface area contributed by atoms with Gasteiger partial charge < -0.3 is 5.32 Å². The number of hydrogen-bond acceptors (Lipinski definition) is 5. The Bertz CT molecular complexity index is 512. The van der Waals surface area contributed by atoms with Crippen LogP contribution in [0.5, 0.6) is 0 Å². The van der Waals surface area contributed by atoms with Crippen molar-refractivity contribution in [2.24, 2.45) is 0 Å². The molecule has 102 valence electrons. The van der Waals surface area contributed by atoms with Crippen molar-refractivity contribution in [3.8, 4) is 0 Å². The van der Waals surface area contributed by atoms with E-state index in [1.165, 1.54) is 12.1 Å². The number of hydrogen-bond donors (Lipinski definition) is 1. The van der Waals surface area contributed by atoms with Gasteiger partial charge in [-0.15, -0.1) is 10.2 Å². The number of aromatic nitrogens is 2. The summed E-state index contributed by atoms with van der Waals surface area (Å²) in [7, 11) is 2.01. The van der Waals surface area contributed by atoms with E-state index >= 15 is 0 Å². The first-order valence-electron chi connectivity index (χ1n) is 6.16. The number of halogens is 1. The van der Waals surface area contributed by atoms with Crippen LogP contribution in [-0.4, -0.2) is 28.7 Å². The van der Waals surface area contributed by atoms with Gasteiger partial charge in [0.05, 0.1) is 6.54 Å². The van der Waals surface area contributed by atoms with Gasteiger partial charge in [-0.2, -0.15) is 0 Å². The Morgan fingerprint density at radius 1 is 1.21 bits per heavy atom. The van der Waals surface area contributed by atoms with E-state index in [0.717, 1.165) is 35.3 Å². The van der Waals surface area contributed by atoms with Gasteiger partial charge in [-0.05, 0) is 31.7 Å². The molecule has 1 heterocycles. The van der Waals surface area contributed by atoms with Crippen LogP contribution in [0.4, 0.5) is 9.52 Å². The molecular weight excluding hydrogens is 263 g/mol. The first-order valence-corrected chi connectivity index (χ1v) is 6.98. The summed E-state index contributed by atoms with van der Waals surface area (Å²) in [6, 6.07) is 6.57. The van der Waals surface area contributed by atoms with E-state index < -0.39 is 0 Å². The molecule has 0 saturated heterocycles. The van der Waals surface area contributed by atoms with Crippen LogP contribution >= 0.6 is 11.3 Å². The van der Waals surface area contributed by atoms with E-state index in [0.29, 0.717) is 0 Å². The zero-order valence-electron chi connectivity index (χ0n) is 11.1. The minimum absolute atomic E-state index is 0.203. The molecule has 0 fully saturated rings. The summed E-state index contributed by atoms with van der Waals surface area (Å²) in [6.07, 6.45) is 0. The van der Waals surface area contributed by atoms with Crippen molar-refractivity contribution in [2.75, 3.05) is 18.9 Å². The van der Waals surface area contributed by atoms with Crippen molar-refractivity contribution in [1.29, 1.82) is 0 Å². The molecule has 1 aromatic carbocycles. The van der Waals surface area contributed by atoms with E-state index in [1.54, 1.807) is 23.5 Å². The number of anilines is 1. The highest BCUT2D eigenvalue weighted by Gasteiger charge is 2.07. The molecule has 0 aliphatic heterocycles. The molecule has 0 unspecified atom stereocenters. The Hall–Kier alpha value is -1.53. The Morgan fingerprint density at radius 3 is 2.63 bits per heavy atom. The van der Waals surface area contributed by atoms with E-state index in [1.807, 2.05) is 14.0 Å². The molecular formula is C13H17FN4S. The molecule has 19 heavy (non-hydrogen) atoms. The van der Waals surface area contributed by atoms with Crippen LogP contribution < -0.4 is 5.32 Å². The minimum Gasteiger partial charge on any atom is -0.360 e. The van der Waals surface area contributed by atoms with Gasteiger partial charge >= 0.3 is 0 Å². The van der Waals surface area contributed by atoms with E-state index in [-0.39, 0.29) is 5.82 Å². The molecule has 0 aliphatic rings. The molecule has 0 atom stereocenters. The van der Waals surface area contributed by atoms with Crippen molar-refractivity contribution in [2.45, 2.75) is 20.0 Å². The first-order chi connectivity index (χ1) is 9.17. The van der Waals surface area contributed by atoms with Gasteiger partial charge in [0.2, 0.25) is 5.13 Å². The Labute approximate surface area is 116 Å². The summed E-state index contributed by atoms with van der Waals surface area (Å²) in [5.41, 5.74) is 1.08. The van der Waals surface area contributed by atoms with Gasteiger partial charge in [-0.25, -0.2) is 4.39 Å². The zero-order valence-corrected chi connectivity index (χ0v) is 11.9. The van der Waals surface area contributed by atoms with Crippen molar-refractivity contribution >= 4 is 16.5 Å². The van der Waals surface area contributed by atoms with Gasteiger partial charge in [-0.3, -0.25) is 4.90 Å². The van der Waals surface area contributed by atoms with Crippen LogP contribution in [0, 0.1) is 5.82 Å². The highest BCUT2D eigenvalue weighted by atomic mass is 32.1. The second-order valence-corrected chi connectivity index (χ2v) is 5.39. The monoisotopic (exact) mass is 280 g/mol. The molecule has 0 aliphatic carbocycles. The number of nitrogens with zero attached hydrogens (tertiary/aromatic N) is 3. The van der Waals surface area contributed by atoms with E-state index in [9.17, 15) is 4.39 Å². The van der Waals surface area contributed by atoms with Crippen LogP contribution in [0.25, 0.3) is 0 Å². The SMILES string of the molecule is CCNc1nnc(CN(C)Cc2ccc(F)cc2)s1. The Morgan fingerprint density at radius 2 is 1.95 bits per heavy atom. The molecule has 1 N–H and O–H groups in total. The number of nitrogens with one attached hydrogen (secondary N) is 1. The smallest absolute Gasteiger partial charge is 0.205 e. The normalized spacial score (nSPS) is 10.9. The van der Waals surface area contributed by atoms with E-state index in [4.69, 9.17) is 0 Å². The molecule has 0 amide bonds. The number of rotatable bonds is 6. The molecule has 6 heteroatoms. The highest BCUT2D eigenvalue weighted by Crippen LogP contribution is 2.17. The third kappa shape index (κ3) is 4.25. The van der Waals surface area contributed by atoms with Crippen molar-refractivity contribution < 1.29 is 4.39 Å². The average Bonchev–Trinajstić information content (AvgIpc) is 2.80. The van der Waals surface area contributed by atoms with Crippen LogP contribution in [0.2, 0.25) is 0 Å². The average molecular weight is 280 g/mol. The lowest BCUT2D eigenvalue weighted by Gasteiger charge is -2.14. The minimum atomic E-state index is -0.203. The van der Waals surface area contributed by atoms with E-state index in [2.05, 4.69) is 20.4 Å². The fourth-order valence-corrected chi connectivity index (χ4v) is 2.62. The summed E-state index contributed by atoms with van der Waals surface area (Å²) in [6.45, 7) is 4.37. The summed E-state index contributed by atoms with van der Waals surface area (Å²) < 4.78 is 12.8. The fourth-order valence-electron chi connectivity index (χ4n) is 1.73. The largest absolute Gasteiger partial charge is 0.360 e. The lowest BCUT2D eigenvalue weighted by atomic mass is 10.2. The summed E-state index contributed by atoms with van der Waals surface area (Å²) >= 11 is 1.56. The van der Waals surface area contributed by atoms with Crippen molar-refractivity contribution in [3.05, 3.63) is 40.7 Å². The molecule has 0 saturated carbocycles. The third-order valence-electron chi connectivity index (χ3n) is 2.57. The first kappa shape index (κ1) is 13.9. The second-order valence-electron chi connectivity index (χ2n) is 4.33. The molecule has 4 nitrogen and oxygen atoms in total. The maximum absolute atomic E-state index is 12.8. The van der Waals surface area contributed by atoms with Gasteiger partial charge in [-0.1, -0.05) is 23.5 Å². The molecule has 1 aromatic heterocycles. The molecule has 2 rings (SSSR count). The van der Waals surface area contributed by atoms with Gasteiger partial charge in [0.25, 0.3) is 0 Å². The quantitative estimate of drug-likeness (QED) is 0.883. The van der Waals surface area contributed by atoms with Crippen molar-refractivity contribution in [1.82, 2.24) is 15.1 Å². The Balaban J connectivity index is 1.89. The van der Waals surface area contributed by atoms with Crippen molar-refractivity contribution in [3.63, 3.8) is 0 Å². The van der Waals surface area contributed by atoms with Gasteiger partial charge in [0.15, 0.2) is 0 Å². The molecule has 0 bridgehead atoms. The third-order valence-corrected chi connectivity index (χ3v) is 3.43. The van der Waals surface area contributed by atoms with Crippen LogP contribution in [0.15, 0.2) is 24.3 Å². The summed E-state index contributed by atoms with van der Waals surface area (Å²) in [4.78, 5) is 2.13. The standard InChI is InChI=1S/C13H17FN4S/c1-3-15-13-17-16-12(19-13)9-18(2)8-10-4-6-11(14)7-5-10/h4-7H,3,8-9H2,1-2H3,(H,15,17). The van der Waals surface area contributed by atoms with Gasteiger partial charge in [0.1, 0.15) is 10.8 Å². The molecule has 0 radical (unpaired) electrons. The highest BCUT2D eigenvalue weighted by molar-refractivity contribution is 7.15. The predicted octanol–water partition coefficient (Wildman–Crippen LogP) is 2.74. The van der Waals surface area contributed by atoms with Gasteiger partial charge in [0, 0.05) is 13.1 Å². The van der Waals surface area contributed by atoms with Crippen LogP contribution in [0.3, 0.4) is 0 Å². The lowest BCUT2D eigenvalue weighted by Crippen LogP contribution is -2.17. The van der Waals surface area contributed by atoms with Crippen LogP contribution in [-0.2, 0) is 13.1 Å². The zero-order chi connectivity index (χ0) is 13.7. The second kappa shape index (κ2) is 6.58. The number of benzene rings is 1. The van der Waals surface area contributed by atoms with Crippen LogP contribution in [0.1, 0.15) is 17.5 Å². The fraction of sp³-hybridized carbons (Fsp3) is 0.385. The summed E-state index contributed by atoms with van der Waals surface area (Å²) in [5, 5.41) is 13.2.